The molecule has 0 saturated heterocycles. The number of nitrogens with zero attached hydrogens (tertiary/aromatic N) is 1. The first-order valence-electron chi connectivity index (χ1n) is 8.32. The molecule has 8 heteroatoms. The van der Waals surface area contributed by atoms with Gasteiger partial charge < -0.3 is 11.1 Å². The minimum absolute atomic E-state index is 0.155. The summed E-state index contributed by atoms with van der Waals surface area (Å²) in [5.41, 5.74) is 4.83. The molecular formula is C16H24F3N3OS. The summed E-state index contributed by atoms with van der Waals surface area (Å²) in [5, 5.41) is 4.13. The quantitative estimate of drug-likeness (QED) is 0.802. The van der Waals surface area contributed by atoms with Crippen LogP contribution in [-0.2, 0) is 11.0 Å². The molecule has 1 fully saturated rings. The highest BCUT2D eigenvalue weighted by molar-refractivity contribution is 7.09. The van der Waals surface area contributed by atoms with Gasteiger partial charge in [0.15, 0.2) is 5.69 Å². The number of nitrogens with two attached hydrogens (primary N) is 1. The van der Waals surface area contributed by atoms with E-state index in [9.17, 15) is 18.0 Å². The highest BCUT2D eigenvalue weighted by atomic mass is 32.1. The lowest BCUT2D eigenvalue weighted by atomic mass is 9.71. The van der Waals surface area contributed by atoms with Gasteiger partial charge in [-0.25, -0.2) is 4.98 Å². The molecule has 0 aromatic carbocycles. The Hall–Kier alpha value is -1.15. The van der Waals surface area contributed by atoms with Crippen molar-refractivity contribution in [2.75, 3.05) is 6.54 Å². The molecule has 0 bridgehead atoms. The van der Waals surface area contributed by atoms with Gasteiger partial charge in [0.1, 0.15) is 5.01 Å². The Labute approximate surface area is 144 Å². The zero-order valence-corrected chi connectivity index (χ0v) is 14.6. The number of carbonyl (C=O) groups is 1. The monoisotopic (exact) mass is 363 g/mol. The van der Waals surface area contributed by atoms with Gasteiger partial charge in [-0.2, -0.15) is 13.2 Å². The van der Waals surface area contributed by atoms with Gasteiger partial charge in [-0.05, 0) is 31.2 Å². The van der Waals surface area contributed by atoms with Crippen molar-refractivity contribution in [3.8, 4) is 0 Å². The van der Waals surface area contributed by atoms with Crippen molar-refractivity contribution in [1.29, 1.82) is 0 Å². The third kappa shape index (κ3) is 4.69. The molecule has 1 saturated carbocycles. The average Bonchev–Trinajstić information content (AvgIpc) is 3.03. The van der Waals surface area contributed by atoms with Gasteiger partial charge in [-0.3, -0.25) is 4.79 Å². The Kier molecular flexibility index (Phi) is 6.25. The van der Waals surface area contributed by atoms with Crippen molar-refractivity contribution in [3.63, 3.8) is 0 Å². The van der Waals surface area contributed by atoms with Crippen molar-refractivity contribution in [1.82, 2.24) is 10.3 Å². The maximum atomic E-state index is 12.7. The molecule has 1 aliphatic rings. The molecular weight excluding hydrogens is 339 g/mol. The van der Waals surface area contributed by atoms with Gasteiger partial charge in [0.2, 0.25) is 5.91 Å². The number of thiazole rings is 1. The van der Waals surface area contributed by atoms with Gasteiger partial charge in [0, 0.05) is 11.8 Å². The molecule has 0 spiro atoms. The second kappa shape index (κ2) is 7.82. The van der Waals surface area contributed by atoms with Crippen LogP contribution in [0.2, 0.25) is 0 Å². The molecule has 1 unspecified atom stereocenters. The molecule has 24 heavy (non-hydrogen) atoms. The van der Waals surface area contributed by atoms with Crippen LogP contribution < -0.4 is 11.1 Å². The summed E-state index contributed by atoms with van der Waals surface area (Å²) >= 11 is 0.931. The Morgan fingerprint density at radius 2 is 2.08 bits per heavy atom. The summed E-state index contributed by atoms with van der Waals surface area (Å²) in [7, 11) is 0. The Morgan fingerprint density at radius 3 is 2.58 bits per heavy atom. The van der Waals surface area contributed by atoms with E-state index < -0.39 is 17.9 Å². The van der Waals surface area contributed by atoms with E-state index in [0.29, 0.717) is 24.4 Å². The van der Waals surface area contributed by atoms with Gasteiger partial charge in [-0.1, -0.05) is 26.2 Å². The lowest BCUT2D eigenvalue weighted by molar-refractivity contribution is -0.140. The smallest absolute Gasteiger partial charge is 0.347 e. The van der Waals surface area contributed by atoms with Crippen molar-refractivity contribution in [2.45, 2.75) is 64.1 Å². The van der Waals surface area contributed by atoms with Crippen molar-refractivity contribution < 1.29 is 18.0 Å². The first-order valence-corrected chi connectivity index (χ1v) is 9.20. The summed E-state index contributed by atoms with van der Waals surface area (Å²) in [6, 6.07) is -0.489. The summed E-state index contributed by atoms with van der Waals surface area (Å²) in [6.07, 6.45) is 1.55. The number of hydrogen-bond acceptors (Lipinski definition) is 4. The fraction of sp³-hybridized carbons (Fsp3) is 0.750. The van der Waals surface area contributed by atoms with Crippen LogP contribution in [-0.4, -0.2) is 17.4 Å². The van der Waals surface area contributed by atoms with Crippen molar-refractivity contribution >= 4 is 17.2 Å². The Balaban J connectivity index is 2.01. The van der Waals surface area contributed by atoms with Crippen LogP contribution in [0, 0.1) is 5.41 Å². The second-order valence-electron chi connectivity index (χ2n) is 6.54. The van der Waals surface area contributed by atoms with E-state index in [0.717, 1.165) is 42.4 Å². The van der Waals surface area contributed by atoms with E-state index in [1.807, 2.05) is 6.92 Å². The third-order valence-electron chi connectivity index (χ3n) is 4.74. The highest BCUT2D eigenvalue weighted by Gasteiger charge is 2.36. The number of carbonyl (C=O) groups excluding carboxylic acids is 1. The Bertz CT molecular complexity index is 553. The summed E-state index contributed by atoms with van der Waals surface area (Å²) in [4.78, 5) is 16.1. The number of alkyl halides is 3. The first-order chi connectivity index (χ1) is 11.3. The second-order valence-corrected chi connectivity index (χ2v) is 7.43. The van der Waals surface area contributed by atoms with Crippen LogP contribution in [0.4, 0.5) is 13.2 Å². The highest BCUT2D eigenvalue weighted by Crippen LogP contribution is 2.38. The van der Waals surface area contributed by atoms with Crippen LogP contribution >= 0.6 is 11.3 Å². The first kappa shape index (κ1) is 19.2. The van der Waals surface area contributed by atoms with Crippen molar-refractivity contribution in [3.05, 3.63) is 16.1 Å². The topological polar surface area (TPSA) is 68.0 Å². The average molecular weight is 363 g/mol. The van der Waals surface area contributed by atoms with E-state index in [1.165, 1.54) is 6.42 Å². The zero-order valence-electron chi connectivity index (χ0n) is 13.8. The Morgan fingerprint density at radius 1 is 1.42 bits per heavy atom. The van der Waals surface area contributed by atoms with E-state index >= 15 is 0 Å². The lowest BCUT2D eigenvalue weighted by Gasteiger charge is -2.36. The molecule has 1 heterocycles. The molecule has 0 radical (unpaired) electrons. The molecule has 136 valence electrons. The molecule has 1 amide bonds. The molecule has 3 N–H and O–H groups in total. The van der Waals surface area contributed by atoms with E-state index in [2.05, 4.69) is 10.3 Å². The van der Waals surface area contributed by atoms with Crippen LogP contribution in [0.25, 0.3) is 0 Å². The molecule has 4 nitrogen and oxygen atoms in total. The lowest BCUT2D eigenvalue weighted by Crippen LogP contribution is -2.39. The zero-order chi connectivity index (χ0) is 17.8. The van der Waals surface area contributed by atoms with E-state index in [4.69, 9.17) is 5.73 Å². The summed E-state index contributed by atoms with van der Waals surface area (Å²) < 4.78 is 38.0. The number of hydrogen-bond donors (Lipinski definition) is 2. The molecule has 0 aliphatic heterocycles. The maximum Gasteiger partial charge on any atom is 0.434 e. The maximum absolute atomic E-state index is 12.7. The van der Waals surface area contributed by atoms with Crippen molar-refractivity contribution in [2.24, 2.45) is 11.1 Å². The minimum atomic E-state index is -4.46. The molecule has 1 aromatic rings. The van der Waals surface area contributed by atoms with Gasteiger partial charge in [0.25, 0.3) is 0 Å². The molecule has 1 aromatic heterocycles. The van der Waals surface area contributed by atoms with Crippen LogP contribution in [0.5, 0.6) is 0 Å². The van der Waals surface area contributed by atoms with Crippen LogP contribution in [0.1, 0.15) is 68.6 Å². The predicted molar refractivity (Wildman–Crippen MR) is 87.5 cm³/mol. The van der Waals surface area contributed by atoms with E-state index in [-0.39, 0.29) is 11.3 Å². The number of halogens is 3. The fourth-order valence-electron chi connectivity index (χ4n) is 3.26. The van der Waals surface area contributed by atoms with Gasteiger partial charge in [0.05, 0.1) is 6.04 Å². The van der Waals surface area contributed by atoms with Crippen LogP contribution in [0.3, 0.4) is 0 Å². The molecule has 2 rings (SSSR count). The number of aromatic nitrogens is 1. The van der Waals surface area contributed by atoms with E-state index in [1.54, 1.807) is 0 Å². The SMILES string of the molecule is CCC(NC(=O)CC1(CN)CCCCC1)c1nc(C(F)(F)F)cs1. The minimum Gasteiger partial charge on any atom is -0.347 e. The third-order valence-corrected chi connectivity index (χ3v) is 5.70. The largest absolute Gasteiger partial charge is 0.434 e. The molecule has 1 atom stereocenters. The predicted octanol–water partition coefficient (Wildman–Crippen LogP) is 4.03. The van der Waals surface area contributed by atoms with Gasteiger partial charge >= 0.3 is 6.18 Å². The number of amides is 1. The van der Waals surface area contributed by atoms with Crippen LogP contribution in [0.15, 0.2) is 5.38 Å². The normalized spacial score (nSPS) is 19.0. The standard InChI is InChI=1S/C16H24F3N3OS/c1-2-11(14-22-12(9-24-14)16(17,18)19)21-13(23)8-15(10-20)6-4-3-5-7-15/h9,11H,2-8,10,20H2,1H3,(H,21,23). The van der Waals surface area contributed by atoms with Gasteiger partial charge in [-0.15, -0.1) is 11.3 Å². The number of rotatable bonds is 6. The molecule has 1 aliphatic carbocycles. The summed E-state index contributed by atoms with van der Waals surface area (Å²) in [5.74, 6) is -0.155. The fourth-order valence-corrected chi connectivity index (χ4v) is 4.22. The number of nitrogens with one attached hydrogen (secondary N) is 1. The summed E-state index contributed by atoms with van der Waals surface area (Å²) in [6.45, 7) is 2.28.